The Morgan fingerprint density at radius 2 is 2.00 bits per heavy atom. The average molecular weight is 370 g/mol. The van der Waals surface area contributed by atoms with Gasteiger partial charge in [-0.1, -0.05) is 0 Å². The molecule has 2 aromatic rings. The zero-order valence-corrected chi connectivity index (χ0v) is 14.3. The largest absolute Gasteiger partial charge is 0.421 e. The quantitative estimate of drug-likeness (QED) is 0.801. The summed E-state index contributed by atoms with van der Waals surface area (Å²) in [4.78, 5) is 7.79. The summed E-state index contributed by atoms with van der Waals surface area (Å²) >= 11 is 1.68. The van der Waals surface area contributed by atoms with E-state index in [9.17, 15) is 13.2 Å². The lowest BCUT2D eigenvalue weighted by Gasteiger charge is -2.12. The fraction of sp³-hybridized carbons (Fsp3) is 0.533. The van der Waals surface area contributed by atoms with Gasteiger partial charge in [-0.15, -0.1) is 0 Å². The molecule has 0 aliphatic heterocycles. The summed E-state index contributed by atoms with van der Waals surface area (Å²) in [6.45, 7) is 0. The summed E-state index contributed by atoms with van der Waals surface area (Å²) in [5.41, 5.74) is 0.808. The molecule has 2 heterocycles. The van der Waals surface area contributed by atoms with Crippen LogP contribution in [0.5, 0.6) is 0 Å². The molecule has 10 heteroatoms. The second-order valence-corrected chi connectivity index (χ2v) is 7.49. The summed E-state index contributed by atoms with van der Waals surface area (Å²) < 4.78 is 40.7. The van der Waals surface area contributed by atoms with Crippen LogP contribution in [0.2, 0.25) is 0 Å². The summed E-state index contributed by atoms with van der Waals surface area (Å²) in [6, 6.07) is 0. The lowest BCUT2D eigenvalue weighted by molar-refractivity contribution is -0.137. The smallest absolute Gasteiger partial charge is 0.372 e. The molecule has 2 aliphatic rings. The highest BCUT2D eigenvalue weighted by Gasteiger charge is 2.35. The van der Waals surface area contributed by atoms with Crippen LogP contribution in [0.1, 0.15) is 42.9 Å². The molecular weight excluding hydrogens is 353 g/mol. The van der Waals surface area contributed by atoms with E-state index < -0.39 is 11.7 Å². The van der Waals surface area contributed by atoms with Gasteiger partial charge < -0.3 is 10.6 Å². The minimum atomic E-state index is -4.50. The number of anilines is 3. The van der Waals surface area contributed by atoms with Crippen LogP contribution in [-0.4, -0.2) is 31.5 Å². The van der Waals surface area contributed by atoms with Gasteiger partial charge in [-0.3, -0.25) is 0 Å². The van der Waals surface area contributed by atoms with E-state index in [1.165, 1.54) is 19.9 Å². The third kappa shape index (κ3) is 3.68. The van der Waals surface area contributed by atoms with Crippen LogP contribution in [0.25, 0.3) is 0 Å². The Morgan fingerprint density at radius 1 is 1.24 bits per heavy atom. The molecule has 0 unspecified atom stereocenters. The normalized spacial score (nSPS) is 17.6. The maximum atomic E-state index is 12.9. The fourth-order valence-electron chi connectivity index (χ4n) is 2.46. The third-order valence-corrected chi connectivity index (χ3v) is 5.22. The van der Waals surface area contributed by atoms with Gasteiger partial charge >= 0.3 is 6.18 Å². The Morgan fingerprint density at radius 3 is 2.60 bits per heavy atom. The van der Waals surface area contributed by atoms with Gasteiger partial charge in [0.1, 0.15) is 11.4 Å². The Labute approximate surface area is 146 Å². The number of hydrogen-bond acceptors (Lipinski definition) is 6. The standard InChI is InChI=1S/C15H17F3N6S/c1-19-13-10(15(16,17)18)6-20-14(22-13)21-11-7-24(25-9-4-5-9)23-12(11)8-2-3-8/h6-9H,2-5H2,1H3,(H2,19,20,21,22). The van der Waals surface area contributed by atoms with E-state index in [0.717, 1.165) is 30.4 Å². The number of hydrogen-bond donors (Lipinski definition) is 2. The van der Waals surface area contributed by atoms with Crippen LogP contribution in [-0.2, 0) is 6.18 Å². The number of nitrogens with one attached hydrogen (secondary N) is 2. The van der Waals surface area contributed by atoms with Crippen LogP contribution >= 0.6 is 11.9 Å². The van der Waals surface area contributed by atoms with E-state index in [0.29, 0.717) is 11.2 Å². The zero-order valence-electron chi connectivity index (χ0n) is 13.5. The van der Waals surface area contributed by atoms with Crippen molar-refractivity contribution < 1.29 is 13.2 Å². The molecular formula is C15H17F3N6S. The molecule has 0 atom stereocenters. The number of aromatic nitrogens is 4. The highest BCUT2D eigenvalue weighted by Crippen LogP contribution is 2.44. The molecule has 2 fully saturated rings. The zero-order chi connectivity index (χ0) is 17.6. The molecule has 2 saturated carbocycles. The van der Waals surface area contributed by atoms with Crippen molar-refractivity contribution in [3.63, 3.8) is 0 Å². The minimum absolute atomic E-state index is 0.121. The van der Waals surface area contributed by atoms with Crippen LogP contribution in [0.3, 0.4) is 0 Å². The monoisotopic (exact) mass is 370 g/mol. The van der Waals surface area contributed by atoms with E-state index in [1.807, 2.05) is 10.3 Å². The predicted octanol–water partition coefficient (Wildman–Crippen LogP) is 4.01. The molecule has 0 aromatic carbocycles. The third-order valence-electron chi connectivity index (χ3n) is 4.04. The molecule has 0 amide bonds. The highest BCUT2D eigenvalue weighted by molar-refractivity contribution is 7.98. The first-order valence-electron chi connectivity index (χ1n) is 8.10. The van der Waals surface area contributed by atoms with Crippen LogP contribution in [0.4, 0.5) is 30.6 Å². The number of rotatable bonds is 6. The van der Waals surface area contributed by atoms with E-state index >= 15 is 0 Å². The molecule has 0 radical (unpaired) electrons. The molecule has 0 saturated heterocycles. The SMILES string of the molecule is CNc1nc(Nc2cn(SC3CC3)nc2C2CC2)ncc1C(F)(F)F. The van der Waals surface area contributed by atoms with E-state index in [1.54, 1.807) is 11.9 Å². The summed E-state index contributed by atoms with van der Waals surface area (Å²) in [5, 5.41) is 10.7. The second kappa shape index (κ2) is 6.08. The Bertz CT molecular complexity index is 782. The van der Waals surface area contributed by atoms with Crippen molar-refractivity contribution in [3.05, 3.63) is 23.7 Å². The highest BCUT2D eigenvalue weighted by atomic mass is 32.2. The average Bonchev–Trinajstić information content (AvgIpc) is 3.46. The number of alkyl halides is 3. The van der Waals surface area contributed by atoms with E-state index in [-0.39, 0.29) is 11.8 Å². The van der Waals surface area contributed by atoms with Gasteiger partial charge in [-0.2, -0.15) is 23.3 Å². The summed E-state index contributed by atoms with van der Waals surface area (Å²) in [7, 11) is 1.40. The molecule has 25 heavy (non-hydrogen) atoms. The second-order valence-electron chi connectivity index (χ2n) is 6.24. The van der Waals surface area contributed by atoms with Crippen LogP contribution in [0, 0.1) is 0 Å². The van der Waals surface area contributed by atoms with Crippen molar-refractivity contribution in [1.82, 2.24) is 19.2 Å². The Kier molecular flexibility index (Phi) is 4.01. The molecule has 2 aromatic heterocycles. The lowest BCUT2D eigenvalue weighted by atomic mass is 10.2. The molecule has 4 rings (SSSR count). The first-order chi connectivity index (χ1) is 11.9. The number of nitrogens with zero attached hydrogens (tertiary/aromatic N) is 4. The predicted molar refractivity (Wildman–Crippen MR) is 90.1 cm³/mol. The van der Waals surface area contributed by atoms with Crippen molar-refractivity contribution in [1.29, 1.82) is 0 Å². The Balaban J connectivity index is 1.60. The lowest BCUT2D eigenvalue weighted by Crippen LogP contribution is -2.12. The topological polar surface area (TPSA) is 67.7 Å². The van der Waals surface area contributed by atoms with Gasteiger partial charge in [-0.25, -0.2) is 9.07 Å². The van der Waals surface area contributed by atoms with Crippen LogP contribution < -0.4 is 10.6 Å². The first kappa shape index (κ1) is 16.5. The van der Waals surface area contributed by atoms with E-state index in [4.69, 9.17) is 0 Å². The molecule has 134 valence electrons. The Hall–Kier alpha value is -1.97. The number of halogens is 3. The molecule has 0 bridgehead atoms. The van der Waals surface area contributed by atoms with Crippen molar-refractivity contribution in [2.45, 2.75) is 43.0 Å². The molecule has 0 spiro atoms. The van der Waals surface area contributed by atoms with Crippen molar-refractivity contribution in [2.24, 2.45) is 0 Å². The van der Waals surface area contributed by atoms with Crippen molar-refractivity contribution >= 4 is 29.4 Å². The van der Waals surface area contributed by atoms with Gasteiger partial charge in [0.25, 0.3) is 0 Å². The van der Waals surface area contributed by atoms with Gasteiger partial charge in [0.05, 0.1) is 17.6 Å². The fourth-order valence-corrected chi connectivity index (χ4v) is 3.41. The van der Waals surface area contributed by atoms with Gasteiger partial charge in [0.2, 0.25) is 5.95 Å². The van der Waals surface area contributed by atoms with Gasteiger partial charge in [0.15, 0.2) is 0 Å². The molecule has 2 N–H and O–H groups in total. The maximum absolute atomic E-state index is 12.9. The van der Waals surface area contributed by atoms with Crippen molar-refractivity contribution in [3.8, 4) is 0 Å². The van der Waals surface area contributed by atoms with Gasteiger partial charge in [-0.05, 0) is 37.6 Å². The minimum Gasteiger partial charge on any atom is -0.372 e. The summed E-state index contributed by atoms with van der Waals surface area (Å²) in [5.74, 6) is 0.273. The molecule has 2 aliphatic carbocycles. The van der Waals surface area contributed by atoms with Crippen molar-refractivity contribution in [2.75, 3.05) is 17.7 Å². The van der Waals surface area contributed by atoms with Gasteiger partial charge in [0, 0.05) is 24.4 Å². The van der Waals surface area contributed by atoms with Crippen LogP contribution in [0.15, 0.2) is 12.4 Å². The van der Waals surface area contributed by atoms with E-state index in [2.05, 4.69) is 25.7 Å². The summed E-state index contributed by atoms with van der Waals surface area (Å²) in [6.07, 6.45) is 2.71. The maximum Gasteiger partial charge on any atom is 0.421 e. The molecule has 6 nitrogen and oxygen atoms in total. The first-order valence-corrected chi connectivity index (χ1v) is 8.93.